The molecule has 1 saturated carbocycles. The third-order valence-electron chi connectivity index (χ3n) is 5.28. The summed E-state index contributed by atoms with van der Waals surface area (Å²) in [6.45, 7) is 2.28. The molecular formula is C22H23N3O3. The number of H-pyrrole nitrogens is 1. The van der Waals surface area contributed by atoms with Gasteiger partial charge in [0, 0.05) is 41.8 Å². The first-order valence-corrected chi connectivity index (χ1v) is 9.53. The van der Waals surface area contributed by atoms with Crippen LogP contribution in [0.2, 0.25) is 0 Å². The molecule has 2 heterocycles. The van der Waals surface area contributed by atoms with Crippen molar-refractivity contribution in [2.24, 2.45) is 5.92 Å². The minimum Gasteiger partial charge on any atom is -0.359 e. The standard InChI is InChI=1S/C22H23N3O3/c1-13-8-17-15(4-3-5-19(17)24-13)11-25-12-16(20(26)9-14-6-7-14)10-18(22(25)28)21(27)23-2/h3-5,8,10,12,14,24H,6-7,9,11H2,1-2H3,(H,23,27). The fraction of sp³-hybridized carbons (Fsp3) is 0.318. The number of fused-ring (bicyclic) bond motifs is 1. The van der Waals surface area contributed by atoms with Crippen molar-refractivity contribution in [2.45, 2.75) is 32.7 Å². The molecule has 1 aliphatic carbocycles. The van der Waals surface area contributed by atoms with Crippen LogP contribution in [0.3, 0.4) is 0 Å². The van der Waals surface area contributed by atoms with Crippen molar-refractivity contribution in [3.63, 3.8) is 0 Å². The van der Waals surface area contributed by atoms with Crippen molar-refractivity contribution < 1.29 is 9.59 Å². The van der Waals surface area contributed by atoms with Gasteiger partial charge in [0.2, 0.25) is 0 Å². The van der Waals surface area contributed by atoms with Gasteiger partial charge in [0.05, 0.1) is 6.54 Å². The fourth-order valence-electron chi connectivity index (χ4n) is 3.58. The molecule has 6 heteroatoms. The number of rotatable bonds is 6. The number of pyridine rings is 1. The molecule has 6 nitrogen and oxygen atoms in total. The number of carbonyl (C=O) groups is 2. The molecule has 1 aliphatic rings. The van der Waals surface area contributed by atoms with Crippen molar-refractivity contribution in [1.29, 1.82) is 0 Å². The Hall–Kier alpha value is -3.15. The van der Waals surface area contributed by atoms with Gasteiger partial charge in [0.15, 0.2) is 5.78 Å². The summed E-state index contributed by atoms with van der Waals surface area (Å²) in [7, 11) is 1.48. The highest BCUT2D eigenvalue weighted by Gasteiger charge is 2.26. The van der Waals surface area contributed by atoms with Gasteiger partial charge in [0.1, 0.15) is 5.56 Å². The molecule has 144 valence electrons. The van der Waals surface area contributed by atoms with Gasteiger partial charge < -0.3 is 14.9 Å². The molecule has 0 bridgehead atoms. The summed E-state index contributed by atoms with van der Waals surface area (Å²) < 4.78 is 1.47. The number of amides is 1. The lowest BCUT2D eigenvalue weighted by atomic mass is 10.0. The van der Waals surface area contributed by atoms with Gasteiger partial charge in [-0.15, -0.1) is 0 Å². The molecule has 4 rings (SSSR count). The minimum absolute atomic E-state index is 0.00145. The van der Waals surface area contributed by atoms with Crippen LogP contribution >= 0.6 is 0 Å². The fourth-order valence-corrected chi connectivity index (χ4v) is 3.58. The first-order valence-electron chi connectivity index (χ1n) is 9.53. The van der Waals surface area contributed by atoms with Crippen molar-refractivity contribution >= 4 is 22.6 Å². The highest BCUT2D eigenvalue weighted by molar-refractivity contribution is 6.00. The van der Waals surface area contributed by atoms with E-state index >= 15 is 0 Å². The van der Waals surface area contributed by atoms with E-state index in [9.17, 15) is 14.4 Å². The predicted molar refractivity (Wildman–Crippen MR) is 108 cm³/mol. The Morgan fingerprint density at radius 1 is 1.25 bits per heavy atom. The molecule has 1 fully saturated rings. The number of nitrogens with zero attached hydrogens (tertiary/aromatic N) is 1. The second-order valence-electron chi connectivity index (χ2n) is 7.56. The van der Waals surface area contributed by atoms with Gasteiger partial charge in [-0.1, -0.05) is 12.1 Å². The Labute approximate surface area is 162 Å². The lowest BCUT2D eigenvalue weighted by molar-refractivity contribution is 0.0961. The number of aryl methyl sites for hydroxylation is 1. The van der Waals surface area contributed by atoms with E-state index in [1.54, 1.807) is 6.20 Å². The summed E-state index contributed by atoms with van der Waals surface area (Å²) in [6, 6.07) is 9.35. The highest BCUT2D eigenvalue weighted by Crippen LogP contribution is 2.33. The topological polar surface area (TPSA) is 84.0 Å². The Morgan fingerprint density at radius 3 is 2.75 bits per heavy atom. The van der Waals surface area contributed by atoms with Gasteiger partial charge in [-0.3, -0.25) is 14.4 Å². The number of carbonyl (C=O) groups excluding carboxylic acids is 2. The highest BCUT2D eigenvalue weighted by atomic mass is 16.2. The van der Waals surface area contributed by atoms with Crippen molar-refractivity contribution in [3.05, 3.63) is 69.3 Å². The van der Waals surface area contributed by atoms with Crippen LogP contribution in [0, 0.1) is 12.8 Å². The van der Waals surface area contributed by atoms with Gasteiger partial charge in [-0.2, -0.15) is 0 Å². The maximum Gasteiger partial charge on any atom is 0.263 e. The third kappa shape index (κ3) is 3.50. The number of benzene rings is 1. The number of hydrogen-bond acceptors (Lipinski definition) is 3. The monoisotopic (exact) mass is 377 g/mol. The first-order chi connectivity index (χ1) is 13.5. The van der Waals surface area contributed by atoms with Crippen LogP contribution in [0.5, 0.6) is 0 Å². The summed E-state index contributed by atoms with van der Waals surface area (Å²) in [5.41, 5.74) is 3.01. The number of nitrogens with one attached hydrogen (secondary N) is 2. The Morgan fingerprint density at radius 2 is 2.04 bits per heavy atom. The van der Waals surface area contributed by atoms with Crippen molar-refractivity contribution in [3.8, 4) is 0 Å². The molecule has 0 aliphatic heterocycles. The van der Waals surface area contributed by atoms with E-state index in [4.69, 9.17) is 0 Å². The van der Waals surface area contributed by atoms with E-state index in [-0.39, 0.29) is 11.3 Å². The Bertz CT molecular complexity index is 1140. The molecule has 2 aromatic heterocycles. The molecule has 28 heavy (non-hydrogen) atoms. The molecule has 0 radical (unpaired) electrons. The maximum atomic E-state index is 12.9. The quantitative estimate of drug-likeness (QED) is 0.648. The maximum absolute atomic E-state index is 12.9. The smallest absolute Gasteiger partial charge is 0.263 e. The van der Waals surface area contributed by atoms with Gasteiger partial charge in [-0.25, -0.2) is 0 Å². The second kappa shape index (κ2) is 7.11. The lowest BCUT2D eigenvalue weighted by Gasteiger charge is -2.12. The molecule has 2 N–H and O–H groups in total. The average molecular weight is 377 g/mol. The van der Waals surface area contributed by atoms with E-state index in [1.807, 2.05) is 31.2 Å². The summed E-state index contributed by atoms with van der Waals surface area (Å²) in [5.74, 6) is -0.0551. The molecule has 1 amide bonds. The predicted octanol–water partition coefficient (Wildman–Crippen LogP) is 3.03. The van der Waals surface area contributed by atoms with E-state index in [0.717, 1.165) is 35.0 Å². The summed E-state index contributed by atoms with van der Waals surface area (Å²) in [5, 5.41) is 3.53. The SMILES string of the molecule is CNC(=O)c1cc(C(=O)CC2CC2)cn(Cc2cccc3[nH]c(C)cc23)c1=O. The lowest BCUT2D eigenvalue weighted by Crippen LogP contribution is -2.32. The summed E-state index contributed by atoms with van der Waals surface area (Å²) >= 11 is 0. The van der Waals surface area contributed by atoms with E-state index in [2.05, 4.69) is 10.3 Å². The van der Waals surface area contributed by atoms with Crippen LogP contribution in [0.1, 0.15) is 51.2 Å². The molecule has 0 unspecified atom stereocenters. The van der Waals surface area contributed by atoms with Gasteiger partial charge >= 0.3 is 0 Å². The van der Waals surface area contributed by atoms with E-state index < -0.39 is 11.5 Å². The zero-order chi connectivity index (χ0) is 19.8. The van der Waals surface area contributed by atoms with Crippen LogP contribution in [0.15, 0.2) is 41.3 Å². The molecule has 1 aromatic carbocycles. The van der Waals surface area contributed by atoms with E-state index in [0.29, 0.717) is 24.4 Å². The molecule has 0 atom stereocenters. The van der Waals surface area contributed by atoms with Gasteiger partial charge in [0.25, 0.3) is 11.5 Å². The number of ketones is 1. The zero-order valence-corrected chi connectivity index (χ0v) is 16.0. The Kier molecular flexibility index (Phi) is 4.63. The molecular weight excluding hydrogens is 354 g/mol. The number of hydrogen-bond donors (Lipinski definition) is 2. The van der Waals surface area contributed by atoms with Crippen LogP contribution < -0.4 is 10.9 Å². The largest absolute Gasteiger partial charge is 0.359 e. The summed E-state index contributed by atoms with van der Waals surface area (Å²) in [4.78, 5) is 41.1. The number of aromatic amines is 1. The van der Waals surface area contributed by atoms with Crippen LogP contribution in [-0.2, 0) is 6.54 Å². The van der Waals surface area contributed by atoms with E-state index in [1.165, 1.54) is 17.7 Å². The van der Waals surface area contributed by atoms with Crippen LogP contribution in [0.4, 0.5) is 0 Å². The van der Waals surface area contributed by atoms with Gasteiger partial charge in [-0.05, 0) is 49.4 Å². The zero-order valence-electron chi connectivity index (χ0n) is 16.0. The molecule has 0 saturated heterocycles. The number of aromatic nitrogens is 2. The van der Waals surface area contributed by atoms with Crippen molar-refractivity contribution in [2.75, 3.05) is 7.05 Å². The minimum atomic E-state index is -0.476. The normalized spacial score (nSPS) is 13.6. The average Bonchev–Trinajstić information content (AvgIpc) is 3.40. The summed E-state index contributed by atoms with van der Waals surface area (Å²) in [6.07, 6.45) is 4.21. The van der Waals surface area contributed by atoms with Crippen molar-refractivity contribution in [1.82, 2.24) is 14.9 Å². The van der Waals surface area contributed by atoms with Crippen LogP contribution in [-0.4, -0.2) is 28.3 Å². The first kappa shape index (κ1) is 18.2. The Balaban J connectivity index is 1.78. The van der Waals surface area contributed by atoms with Crippen LogP contribution in [0.25, 0.3) is 10.9 Å². The molecule has 3 aromatic rings. The third-order valence-corrected chi connectivity index (χ3v) is 5.28. The molecule has 0 spiro atoms. The second-order valence-corrected chi connectivity index (χ2v) is 7.56. The number of Topliss-reactive ketones (excluding diaryl/α,β-unsaturated/α-hetero) is 1.